The minimum absolute atomic E-state index is 0.0590. The van der Waals surface area contributed by atoms with Crippen LogP contribution in [0.1, 0.15) is 26.3 Å². The van der Waals surface area contributed by atoms with Gasteiger partial charge in [-0.15, -0.1) is 0 Å². The molecule has 94 valence electrons. The second-order valence-corrected chi connectivity index (χ2v) is 6.06. The zero-order chi connectivity index (χ0) is 13.6. The fourth-order valence-electron chi connectivity index (χ4n) is 3.50. The van der Waals surface area contributed by atoms with Crippen LogP contribution in [0.15, 0.2) is 60.1 Å². The van der Waals surface area contributed by atoms with Crippen LogP contribution >= 0.6 is 0 Å². The van der Waals surface area contributed by atoms with E-state index in [0.29, 0.717) is 0 Å². The van der Waals surface area contributed by atoms with E-state index < -0.39 is 0 Å². The molecule has 0 spiro atoms. The first kappa shape index (κ1) is 12.3. The molecule has 2 aromatic rings. The summed E-state index contributed by atoms with van der Waals surface area (Å²) in [6, 6.07) is 13.3. The van der Waals surface area contributed by atoms with Gasteiger partial charge in [-0.2, -0.15) is 0 Å². The van der Waals surface area contributed by atoms with Gasteiger partial charge in [-0.1, -0.05) is 80.8 Å². The largest absolute Gasteiger partial charge is 0.187 e. The Kier molecular flexibility index (Phi) is 2.67. The minimum Gasteiger partial charge on any atom is -0.0988 e. The van der Waals surface area contributed by atoms with Gasteiger partial charge in [0.25, 0.3) is 0 Å². The van der Waals surface area contributed by atoms with Crippen molar-refractivity contribution in [1.29, 1.82) is 0 Å². The molecule has 0 bridgehead atoms. The predicted octanol–water partition coefficient (Wildman–Crippen LogP) is 3.65. The smallest absolute Gasteiger partial charge is 0.0988 e. The number of benzene rings is 2. The molecule has 0 N–H and O–H groups in total. The fraction of sp³-hybridized carbons (Fsp3) is 0.222. The van der Waals surface area contributed by atoms with Gasteiger partial charge in [-0.3, -0.25) is 0 Å². The first-order valence-corrected chi connectivity index (χ1v) is 6.89. The zero-order valence-electron chi connectivity index (χ0n) is 12.0. The first-order chi connectivity index (χ1) is 9.04. The maximum absolute atomic E-state index is 4.01. The average Bonchev–Trinajstić information content (AvgIpc) is 2.37. The minimum atomic E-state index is 0.0590. The van der Waals surface area contributed by atoms with Crippen LogP contribution in [0.25, 0.3) is 10.8 Å². The van der Waals surface area contributed by atoms with Crippen LogP contribution in [0.4, 0.5) is 0 Å². The summed E-state index contributed by atoms with van der Waals surface area (Å²) >= 11 is 0. The molecule has 1 heteroatoms. The van der Waals surface area contributed by atoms with Gasteiger partial charge < -0.3 is 0 Å². The normalized spacial score (nSPS) is 17.0. The highest BCUT2D eigenvalue weighted by atomic mass is 14.3. The Hall–Kier alpha value is -1.76. The third-order valence-corrected chi connectivity index (χ3v) is 4.44. The summed E-state index contributed by atoms with van der Waals surface area (Å²) in [5, 5.41) is 2.67. The maximum Gasteiger partial charge on any atom is 0.187 e. The maximum atomic E-state index is 4.01. The summed E-state index contributed by atoms with van der Waals surface area (Å²) in [6.45, 7) is 10.9. The van der Waals surface area contributed by atoms with Crippen molar-refractivity contribution >= 4 is 23.5 Å². The van der Waals surface area contributed by atoms with Crippen LogP contribution in [0.2, 0.25) is 0 Å². The quantitative estimate of drug-likeness (QED) is 0.674. The molecule has 1 aliphatic rings. The number of hydrogen-bond acceptors (Lipinski definition) is 0. The summed E-state index contributed by atoms with van der Waals surface area (Å²) in [5.41, 5.74) is 5.81. The monoisotopic (exact) mass is 246 g/mol. The van der Waals surface area contributed by atoms with Crippen LogP contribution in [-0.2, 0) is 5.41 Å². The summed E-state index contributed by atoms with van der Waals surface area (Å²) < 4.78 is 0. The van der Waals surface area contributed by atoms with Gasteiger partial charge in [-0.05, 0) is 21.9 Å². The average molecular weight is 246 g/mol. The lowest BCUT2D eigenvalue weighted by atomic mass is 9.51. The molecule has 0 aromatic heterocycles. The Morgan fingerprint density at radius 2 is 1.74 bits per heavy atom. The number of hydrogen-bond donors (Lipinski definition) is 0. The van der Waals surface area contributed by atoms with E-state index in [1.165, 1.54) is 32.8 Å². The molecule has 0 nitrogen and oxygen atoms in total. The van der Waals surface area contributed by atoms with E-state index in [-0.39, 0.29) is 5.41 Å². The van der Waals surface area contributed by atoms with Crippen LogP contribution < -0.4 is 5.46 Å². The van der Waals surface area contributed by atoms with Crippen molar-refractivity contribution < 1.29 is 0 Å². The molecule has 0 fully saturated rings. The second-order valence-electron chi connectivity index (χ2n) is 6.06. The number of allylic oxidation sites excluding steroid dienone is 3. The summed E-state index contributed by atoms with van der Waals surface area (Å²) in [6.07, 6.45) is 2.04. The van der Waals surface area contributed by atoms with Crippen molar-refractivity contribution in [3.8, 4) is 0 Å². The lowest BCUT2D eigenvalue weighted by Gasteiger charge is -2.35. The van der Waals surface area contributed by atoms with Gasteiger partial charge >= 0.3 is 0 Å². The number of fused-ring (bicyclic) bond motifs is 2. The molecule has 0 aliphatic carbocycles. The standard InChI is InChI=1S/C18H19B/c1-5-15-12(2)19-17-11-14-9-7-6-8-13(14)10-16(17)18(15,3)4/h5-11,19H,1H2,2-4H3. The Balaban J connectivity index is 2.31. The van der Waals surface area contributed by atoms with E-state index in [2.05, 4.69) is 63.7 Å². The van der Waals surface area contributed by atoms with Crippen molar-refractivity contribution in [2.75, 3.05) is 0 Å². The third kappa shape index (κ3) is 1.76. The third-order valence-electron chi connectivity index (χ3n) is 4.44. The molecule has 1 aliphatic heterocycles. The van der Waals surface area contributed by atoms with Crippen LogP contribution in [0, 0.1) is 0 Å². The molecule has 1 heterocycles. The topological polar surface area (TPSA) is 0 Å². The molecule has 0 unspecified atom stereocenters. The Bertz CT molecular complexity index is 705. The first-order valence-electron chi connectivity index (χ1n) is 6.89. The van der Waals surface area contributed by atoms with Gasteiger partial charge in [0.05, 0.1) is 0 Å². The second kappa shape index (κ2) is 4.13. The Labute approximate surface area is 116 Å². The van der Waals surface area contributed by atoms with E-state index in [4.69, 9.17) is 0 Å². The highest BCUT2D eigenvalue weighted by Gasteiger charge is 2.32. The summed E-state index contributed by atoms with van der Waals surface area (Å²) in [5.74, 6) is 0. The van der Waals surface area contributed by atoms with E-state index in [1.54, 1.807) is 0 Å². The van der Waals surface area contributed by atoms with Crippen LogP contribution in [-0.4, -0.2) is 7.28 Å². The van der Waals surface area contributed by atoms with Crippen molar-refractivity contribution in [2.45, 2.75) is 26.2 Å². The molecule has 0 amide bonds. The van der Waals surface area contributed by atoms with Gasteiger partial charge in [0, 0.05) is 5.41 Å². The molecule has 3 rings (SSSR count). The lowest BCUT2D eigenvalue weighted by Crippen LogP contribution is -2.37. The van der Waals surface area contributed by atoms with Crippen LogP contribution in [0.5, 0.6) is 0 Å². The zero-order valence-corrected chi connectivity index (χ0v) is 12.0. The Morgan fingerprint density at radius 1 is 1.11 bits per heavy atom. The number of rotatable bonds is 1. The fourth-order valence-corrected chi connectivity index (χ4v) is 3.50. The van der Waals surface area contributed by atoms with Crippen molar-refractivity contribution in [1.82, 2.24) is 0 Å². The van der Waals surface area contributed by atoms with Crippen molar-refractivity contribution in [3.05, 3.63) is 65.7 Å². The molecule has 0 radical (unpaired) electrons. The molecular formula is C18H19B. The van der Waals surface area contributed by atoms with Crippen LogP contribution in [0.3, 0.4) is 0 Å². The van der Waals surface area contributed by atoms with Crippen molar-refractivity contribution in [2.24, 2.45) is 0 Å². The van der Waals surface area contributed by atoms with E-state index in [9.17, 15) is 0 Å². The van der Waals surface area contributed by atoms with Gasteiger partial charge in [0.1, 0.15) is 0 Å². The molecule has 0 saturated heterocycles. The molecular weight excluding hydrogens is 227 g/mol. The van der Waals surface area contributed by atoms with E-state index in [1.807, 2.05) is 6.08 Å². The van der Waals surface area contributed by atoms with Gasteiger partial charge in [0.15, 0.2) is 7.28 Å². The highest BCUT2D eigenvalue weighted by molar-refractivity contribution is 6.62. The summed E-state index contributed by atoms with van der Waals surface area (Å²) in [7, 11) is 1.05. The summed E-state index contributed by atoms with van der Waals surface area (Å²) in [4.78, 5) is 0. The van der Waals surface area contributed by atoms with E-state index >= 15 is 0 Å². The van der Waals surface area contributed by atoms with Gasteiger partial charge in [0.2, 0.25) is 0 Å². The molecule has 0 atom stereocenters. The SMILES string of the molecule is C=CC1=C(C)Bc2cc3ccccc3cc2C1(C)C. The molecule has 0 saturated carbocycles. The molecule has 19 heavy (non-hydrogen) atoms. The lowest BCUT2D eigenvalue weighted by molar-refractivity contribution is 0.638. The predicted molar refractivity (Wildman–Crippen MR) is 86.7 cm³/mol. The van der Waals surface area contributed by atoms with E-state index in [0.717, 1.165) is 7.28 Å². The Morgan fingerprint density at radius 3 is 2.37 bits per heavy atom. The molecule has 2 aromatic carbocycles. The highest BCUT2D eigenvalue weighted by Crippen LogP contribution is 2.37. The van der Waals surface area contributed by atoms with Crippen molar-refractivity contribution in [3.63, 3.8) is 0 Å². The van der Waals surface area contributed by atoms with Gasteiger partial charge in [-0.25, -0.2) is 0 Å².